The molecule has 1 fully saturated rings. The summed E-state index contributed by atoms with van der Waals surface area (Å²) in [5.41, 5.74) is 0.238. The second kappa shape index (κ2) is 3.89. The van der Waals surface area contributed by atoms with Crippen molar-refractivity contribution in [3.63, 3.8) is 0 Å². The van der Waals surface area contributed by atoms with E-state index < -0.39 is 17.2 Å². The maximum absolute atomic E-state index is 13.8. The van der Waals surface area contributed by atoms with Crippen molar-refractivity contribution in [2.45, 2.75) is 18.4 Å². The summed E-state index contributed by atoms with van der Waals surface area (Å²) in [6.45, 7) is 0. The first-order chi connectivity index (χ1) is 8.60. The predicted octanol–water partition coefficient (Wildman–Crippen LogP) is 3.61. The van der Waals surface area contributed by atoms with Crippen LogP contribution >= 0.6 is 0 Å². The summed E-state index contributed by atoms with van der Waals surface area (Å²) in [5.74, 6) is -0.940. The Bertz CT molecular complexity index is 603. The quantitative estimate of drug-likeness (QED) is 0.858. The van der Waals surface area contributed by atoms with E-state index in [1.165, 1.54) is 18.2 Å². The molecule has 0 atom stereocenters. The average Bonchev–Trinajstić information content (AvgIpc) is 3.10. The molecule has 1 nitrogen and oxygen atoms in total. The molecular weight excluding hydrogens is 234 g/mol. The standard InChI is InChI=1S/C15H12F2O/c16-13-4-2-1-3-11(13)12-9-10(5-6-14(12)17)15(18)7-8-15/h1-6,9,18H,7-8H2. The van der Waals surface area contributed by atoms with Gasteiger partial charge in [-0.15, -0.1) is 0 Å². The Morgan fingerprint density at radius 3 is 2.22 bits per heavy atom. The smallest absolute Gasteiger partial charge is 0.131 e. The minimum absolute atomic E-state index is 0.200. The molecule has 0 amide bonds. The van der Waals surface area contributed by atoms with Gasteiger partial charge in [-0.1, -0.05) is 24.3 Å². The molecule has 0 aliphatic heterocycles. The Labute approximate surface area is 104 Å². The van der Waals surface area contributed by atoms with Gasteiger partial charge in [-0.25, -0.2) is 8.78 Å². The molecule has 3 heteroatoms. The van der Waals surface area contributed by atoms with Gasteiger partial charge in [0.15, 0.2) is 0 Å². The zero-order chi connectivity index (χ0) is 12.8. The molecule has 0 saturated heterocycles. The van der Waals surface area contributed by atoms with Gasteiger partial charge in [0, 0.05) is 11.1 Å². The molecule has 1 N–H and O–H groups in total. The fourth-order valence-corrected chi connectivity index (χ4v) is 2.11. The summed E-state index contributed by atoms with van der Waals surface area (Å²) >= 11 is 0. The monoisotopic (exact) mass is 246 g/mol. The Balaban J connectivity index is 2.14. The van der Waals surface area contributed by atoms with E-state index in [1.807, 2.05) is 0 Å². The Morgan fingerprint density at radius 1 is 0.889 bits per heavy atom. The largest absolute Gasteiger partial charge is 0.385 e. The highest BCUT2D eigenvalue weighted by Crippen LogP contribution is 2.46. The molecule has 0 heterocycles. The second-order valence-corrected chi connectivity index (χ2v) is 4.71. The molecule has 0 unspecified atom stereocenters. The minimum atomic E-state index is -0.840. The molecule has 0 spiro atoms. The first-order valence-electron chi connectivity index (χ1n) is 5.87. The SMILES string of the molecule is OC1(c2ccc(F)c(-c3ccccc3F)c2)CC1. The van der Waals surface area contributed by atoms with Gasteiger partial charge >= 0.3 is 0 Å². The molecule has 1 aliphatic rings. The molecule has 2 aromatic rings. The molecule has 0 radical (unpaired) electrons. The number of hydrogen-bond donors (Lipinski definition) is 1. The third-order valence-corrected chi connectivity index (χ3v) is 3.39. The van der Waals surface area contributed by atoms with E-state index in [-0.39, 0.29) is 11.1 Å². The number of benzene rings is 2. The Kier molecular flexibility index (Phi) is 2.45. The molecule has 1 aliphatic carbocycles. The fraction of sp³-hybridized carbons (Fsp3) is 0.200. The van der Waals surface area contributed by atoms with Crippen molar-refractivity contribution in [3.8, 4) is 11.1 Å². The zero-order valence-corrected chi connectivity index (χ0v) is 9.66. The minimum Gasteiger partial charge on any atom is -0.385 e. The third-order valence-electron chi connectivity index (χ3n) is 3.39. The third kappa shape index (κ3) is 1.81. The van der Waals surface area contributed by atoms with Crippen LogP contribution in [0.15, 0.2) is 42.5 Å². The number of aliphatic hydroxyl groups is 1. The highest BCUT2D eigenvalue weighted by Gasteiger charge is 2.42. The van der Waals surface area contributed by atoms with Crippen LogP contribution in [0.1, 0.15) is 18.4 Å². The summed E-state index contributed by atoms with van der Waals surface area (Å²) in [4.78, 5) is 0. The van der Waals surface area contributed by atoms with Crippen LogP contribution < -0.4 is 0 Å². The van der Waals surface area contributed by atoms with E-state index >= 15 is 0 Å². The van der Waals surface area contributed by atoms with Crippen molar-refractivity contribution in [2.24, 2.45) is 0 Å². The molecule has 18 heavy (non-hydrogen) atoms. The van der Waals surface area contributed by atoms with Crippen LogP contribution in [-0.2, 0) is 5.60 Å². The summed E-state index contributed by atoms with van der Waals surface area (Å²) in [7, 11) is 0. The van der Waals surface area contributed by atoms with Crippen LogP contribution in [-0.4, -0.2) is 5.11 Å². The lowest BCUT2D eigenvalue weighted by atomic mass is 9.99. The fourth-order valence-electron chi connectivity index (χ4n) is 2.11. The van der Waals surface area contributed by atoms with E-state index in [1.54, 1.807) is 24.3 Å². The normalized spacial score (nSPS) is 16.6. The number of hydrogen-bond acceptors (Lipinski definition) is 1. The van der Waals surface area contributed by atoms with Gasteiger partial charge in [0.25, 0.3) is 0 Å². The van der Waals surface area contributed by atoms with E-state index in [4.69, 9.17) is 0 Å². The van der Waals surface area contributed by atoms with Crippen LogP contribution in [0.4, 0.5) is 8.78 Å². The summed E-state index contributed by atoms with van der Waals surface area (Å²) in [6.07, 6.45) is 1.35. The van der Waals surface area contributed by atoms with Crippen molar-refractivity contribution >= 4 is 0 Å². The van der Waals surface area contributed by atoms with Crippen molar-refractivity contribution in [1.82, 2.24) is 0 Å². The molecule has 0 aromatic heterocycles. The summed E-state index contributed by atoms with van der Waals surface area (Å²) in [6, 6.07) is 10.5. The zero-order valence-electron chi connectivity index (χ0n) is 9.66. The van der Waals surface area contributed by atoms with Gasteiger partial charge in [-0.3, -0.25) is 0 Å². The maximum Gasteiger partial charge on any atom is 0.131 e. The number of rotatable bonds is 2. The lowest BCUT2D eigenvalue weighted by molar-refractivity contribution is 0.151. The van der Waals surface area contributed by atoms with Crippen molar-refractivity contribution in [3.05, 3.63) is 59.7 Å². The topological polar surface area (TPSA) is 20.2 Å². The van der Waals surface area contributed by atoms with E-state index in [9.17, 15) is 13.9 Å². The van der Waals surface area contributed by atoms with Gasteiger partial charge in [0.1, 0.15) is 11.6 Å². The molecule has 3 rings (SSSR count). The molecule has 2 aromatic carbocycles. The number of halogens is 2. The van der Waals surface area contributed by atoms with Gasteiger partial charge in [0.2, 0.25) is 0 Å². The van der Waals surface area contributed by atoms with Gasteiger partial charge in [-0.2, -0.15) is 0 Å². The van der Waals surface area contributed by atoms with Crippen LogP contribution in [0.25, 0.3) is 11.1 Å². The van der Waals surface area contributed by atoms with E-state index in [2.05, 4.69) is 0 Å². The molecule has 0 bridgehead atoms. The highest BCUT2D eigenvalue weighted by atomic mass is 19.1. The highest BCUT2D eigenvalue weighted by molar-refractivity contribution is 5.66. The average molecular weight is 246 g/mol. The first-order valence-corrected chi connectivity index (χ1v) is 5.87. The van der Waals surface area contributed by atoms with Crippen molar-refractivity contribution in [1.29, 1.82) is 0 Å². The molecular formula is C15H12F2O. The Hall–Kier alpha value is -1.74. The summed E-state index contributed by atoms with van der Waals surface area (Å²) in [5, 5.41) is 10.0. The molecule has 1 saturated carbocycles. The van der Waals surface area contributed by atoms with Gasteiger partial charge in [0.05, 0.1) is 5.60 Å². The maximum atomic E-state index is 13.8. The lowest BCUT2D eigenvalue weighted by Gasteiger charge is -2.11. The van der Waals surface area contributed by atoms with Crippen LogP contribution in [0.5, 0.6) is 0 Å². The van der Waals surface area contributed by atoms with Crippen molar-refractivity contribution < 1.29 is 13.9 Å². The lowest BCUT2D eigenvalue weighted by Crippen LogP contribution is -2.04. The van der Waals surface area contributed by atoms with Crippen LogP contribution in [0.2, 0.25) is 0 Å². The van der Waals surface area contributed by atoms with Gasteiger partial charge < -0.3 is 5.11 Å². The predicted molar refractivity (Wildman–Crippen MR) is 64.9 cm³/mol. The second-order valence-electron chi connectivity index (χ2n) is 4.71. The van der Waals surface area contributed by atoms with Crippen LogP contribution in [0.3, 0.4) is 0 Å². The van der Waals surface area contributed by atoms with Gasteiger partial charge in [-0.05, 0) is 36.6 Å². The van der Waals surface area contributed by atoms with E-state index in [0.717, 1.165) is 0 Å². The first kappa shape index (κ1) is 11.4. The Morgan fingerprint density at radius 2 is 1.56 bits per heavy atom. The summed E-state index contributed by atoms with van der Waals surface area (Å²) < 4.78 is 27.5. The van der Waals surface area contributed by atoms with E-state index in [0.29, 0.717) is 18.4 Å². The molecule has 92 valence electrons. The van der Waals surface area contributed by atoms with Crippen LogP contribution in [0, 0.1) is 11.6 Å². The van der Waals surface area contributed by atoms with Crippen molar-refractivity contribution in [2.75, 3.05) is 0 Å².